The molecule has 0 aliphatic carbocycles. The van der Waals surface area contributed by atoms with Crippen molar-refractivity contribution in [1.82, 2.24) is 10.2 Å². The molecule has 28 heavy (non-hydrogen) atoms. The summed E-state index contributed by atoms with van der Waals surface area (Å²) in [6, 6.07) is 8.09. The first-order chi connectivity index (χ1) is 13.6. The summed E-state index contributed by atoms with van der Waals surface area (Å²) < 4.78 is 5.03. The second-order valence-corrected chi connectivity index (χ2v) is 7.12. The third-order valence-electron chi connectivity index (χ3n) is 5.13. The third-order valence-corrected chi connectivity index (χ3v) is 5.13. The Balaban J connectivity index is 1.44. The van der Waals surface area contributed by atoms with Crippen LogP contribution in [0.15, 0.2) is 29.3 Å². The Morgan fingerprint density at radius 2 is 1.96 bits per heavy atom. The summed E-state index contributed by atoms with van der Waals surface area (Å²) in [5.41, 5.74) is 8.00. The summed E-state index contributed by atoms with van der Waals surface area (Å²) in [4.78, 5) is 31.5. The average Bonchev–Trinajstić information content (AvgIpc) is 3.13. The summed E-state index contributed by atoms with van der Waals surface area (Å²) in [5, 5.41) is 3.24. The second-order valence-electron chi connectivity index (χ2n) is 7.12. The molecule has 8 heteroatoms. The van der Waals surface area contributed by atoms with E-state index in [9.17, 15) is 9.59 Å². The van der Waals surface area contributed by atoms with Gasteiger partial charge in [-0.2, -0.15) is 0 Å². The lowest BCUT2D eigenvalue weighted by Gasteiger charge is -2.31. The summed E-state index contributed by atoms with van der Waals surface area (Å²) in [6.45, 7) is 4.78. The highest BCUT2D eigenvalue weighted by Gasteiger charge is 2.24. The van der Waals surface area contributed by atoms with Crippen molar-refractivity contribution >= 4 is 23.6 Å². The smallest absolute Gasteiger partial charge is 0.409 e. The molecule has 2 saturated heterocycles. The highest BCUT2D eigenvalue weighted by Crippen LogP contribution is 2.21. The zero-order valence-corrected chi connectivity index (χ0v) is 16.4. The maximum absolute atomic E-state index is 11.8. The van der Waals surface area contributed by atoms with Gasteiger partial charge in [-0.05, 0) is 43.9 Å². The van der Waals surface area contributed by atoms with Crippen molar-refractivity contribution in [1.29, 1.82) is 0 Å². The van der Waals surface area contributed by atoms with Crippen LogP contribution in [-0.4, -0.2) is 55.1 Å². The Morgan fingerprint density at radius 1 is 1.25 bits per heavy atom. The van der Waals surface area contributed by atoms with Crippen LogP contribution in [0, 0.1) is 0 Å². The summed E-state index contributed by atoms with van der Waals surface area (Å²) >= 11 is 0. The number of aliphatic imine (C=N–C) groups is 1. The average molecular weight is 387 g/mol. The number of ether oxygens (including phenoxy) is 1. The molecule has 2 heterocycles. The van der Waals surface area contributed by atoms with Gasteiger partial charge in [0.2, 0.25) is 5.91 Å². The number of likely N-dealkylation sites (tertiary alicyclic amines) is 1. The van der Waals surface area contributed by atoms with Crippen LogP contribution >= 0.6 is 0 Å². The molecule has 3 rings (SSSR count). The van der Waals surface area contributed by atoms with Gasteiger partial charge in [0, 0.05) is 37.8 Å². The van der Waals surface area contributed by atoms with Crippen LogP contribution < -0.4 is 16.0 Å². The number of rotatable bonds is 5. The molecule has 152 valence electrons. The quantitative estimate of drug-likeness (QED) is 0.593. The molecule has 8 nitrogen and oxygen atoms in total. The van der Waals surface area contributed by atoms with E-state index in [0.717, 1.165) is 37.1 Å². The van der Waals surface area contributed by atoms with E-state index in [4.69, 9.17) is 10.5 Å². The van der Waals surface area contributed by atoms with Crippen molar-refractivity contribution in [2.45, 2.75) is 45.2 Å². The Bertz CT molecular complexity index is 711. The Kier molecular flexibility index (Phi) is 6.73. The molecule has 2 aliphatic heterocycles. The summed E-state index contributed by atoms with van der Waals surface area (Å²) in [7, 11) is 0. The van der Waals surface area contributed by atoms with Crippen LogP contribution in [0.4, 0.5) is 10.5 Å². The first-order valence-electron chi connectivity index (χ1n) is 9.94. The molecule has 1 aromatic rings. The van der Waals surface area contributed by atoms with Gasteiger partial charge in [0.05, 0.1) is 13.2 Å². The number of hydrogen-bond acceptors (Lipinski definition) is 4. The number of nitrogens with zero attached hydrogens (tertiary/aromatic N) is 3. The van der Waals surface area contributed by atoms with Crippen LogP contribution in [0.5, 0.6) is 0 Å². The molecule has 0 aromatic heterocycles. The molecule has 1 aromatic carbocycles. The summed E-state index contributed by atoms with van der Waals surface area (Å²) in [6.07, 6.45) is 2.93. The molecule has 3 N–H and O–H groups in total. The molecule has 0 bridgehead atoms. The number of hydrogen-bond donors (Lipinski definition) is 2. The predicted octanol–water partition coefficient (Wildman–Crippen LogP) is 1.84. The first kappa shape index (κ1) is 20.0. The van der Waals surface area contributed by atoms with Crippen molar-refractivity contribution in [3.63, 3.8) is 0 Å². The highest BCUT2D eigenvalue weighted by atomic mass is 16.6. The van der Waals surface area contributed by atoms with E-state index in [2.05, 4.69) is 10.3 Å². The van der Waals surface area contributed by atoms with E-state index < -0.39 is 0 Å². The fourth-order valence-electron chi connectivity index (χ4n) is 3.55. The number of amides is 2. The van der Waals surface area contributed by atoms with Gasteiger partial charge in [-0.1, -0.05) is 12.1 Å². The lowest BCUT2D eigenvalue weighted by molar-refractivity contribution is -0.117. The van der Waals surface area contributed by atoms with Crippen molar-refractivity contribution in [3.8, 4) is 0 Å². The number of guanidine groups is 1. The zero-order chi connectivity index (χ0) is 19.9. The lowest BCUT2D eigenvalue weighted by atomic mass is 10.1. The van der Waals surface area contributed by atoms with E-state index in [0.29, 0.717) is 38.6 Å². The van der Waals surface area contributed by atoms with Crippen molar-refractivity contribution in [3.05, 3.63) is 29.8 Å². The Labute approximate surface area is 165 Å². The zero-order valence-electron chi connectivity index (χ0n) is 16.4. The second kappa shape index (κ2) is 9.43. The maximum Gasteiger partial charge on any atom is 0.409 e. The first-order valence-corrected chi connectivity index (χ1v) is 9.94. The SMILES string of the molecule is CCOC(=O)N1CCC(NC(N)=NCc2ccc(N3CCCC3=O)cc2)CC1. The minimum Gasteiger partial charge on any atom is -0.450 e. The fraction of sp³-hybridized carbons (Fsp3) is 0.550. The van der Waals surface area contributed by atoms with Crippen LogP contribution in [0.2, 0.25) is 0 Å². The van der Waals surface area contributed by atoms with Gasteiger partial charge in [-0.3, -0.25) is 4.79 Å². The number of nitrogens with two attached hydrogens (primary N) is 1. The van der Waals surface area contributed by atoms with Gasteiger partial charge in [0.15, 0.2) is 5.96 Å². The molecule has 2 amide bonds. The Morgan fingerprint density at radius 3 is 2.57 bits per heavy atom. The van der Waals surface area contributed by atoms with Crippen molar-refractivity contribution in [2.24, 2.45) is 10.7 Å². The van der Waals surface area contributed by atoms with Crippen LogP contribution in [0.3, 0.4) is 0 Å². The van der Waals surface area contributed by atoms with E-state index in [1.165, 1.54) is 0 Å². The monoisotopic (exact) mass is 387 g/mol. The van der Waals surface area contributed by atoms with Crippen LogP contribution in [-0.2, 0) is 16.1 Å². The minimum atomic E-state index is -0.248. The van der Waals surface area contributed by atoms with Crippen LogP contribution in [0.1, 0.15) is 38.2 Å². The molecular formula is C20H29N5O3. The maximum atomic E-state index is 11.8. The molecule has 0 spiro atoms. The van der Waals surface area contributed by atoms with Crippen LogP contribution in [0.25, 0.3) is 0 Å². The molecule has 2 fully saturated rings. The molecular weight excluding hydrogens is 358 g/mol. The number of carbonyl (C=O) groups excluding carboxylic acids is 2. The summed E-state index contributed by atoms with van der Waals surface area (Å²) in [5.74, 6) is 0.599. The normalized spacial score (nSPS) is 18.5. The van der Waals surface area contributed by atoms with E-state index in [1.54, 1.807) is 4.90 Å². The molecule has 2 aliphatic rings. The van der Waals surface area contributed by atoms with Crippen molar-refractivity contribution < 1.29 is 14.3 Å². The van der Waals surface area contributed by atoms with Gasteiger partial charge >= 0.3 is 6.09 Å². The minimum absolute atomic E-state index is 0.188. The van der Waals surface area contributed by atoms with Gasteiger partial charge < -0.3 is 25.6 Å². The largest absolute Gasteiger partial charge is 0.450 e. The number of anilines is 1. The van der Waals surface area contributed by atoms with E-state index in [-0.39, 0.29) is 18.0 Å². The van der Waals surface area contributed by atoms with E-state index >= 15 is 0 Å². The number of piperidine rings is 1. The topological polar surface area (TPSA) is 100 Å². The number of carbonyl (C=O) groups is 2. The van der Waals surface area contributed by atoms with E-state index in [1.807, 2.05) is 36.1 Å². The Hall–Kier alpha value is -2.77. The molecule has 0 unspecified atom stereocenters. The molecule has 0 saturated carbocycles. The van der Waals surface area contributed by atoms with Gasteiger partial charge in [-0.15, -0.1) is 0 Å². The van der Waals surface area contributed by atoms with Gasteiger partial charge in [-0.25, -0.2) is 9.79 Å². The van der Waals surface area contributed by atoms with Gasteiger partial charge in [0.1, 0.15) is 0 Å². The standard InChI is InChI=1S/C20H29N5O3/c1-2-28-20(27)24-12-9-16(10-13-24)23-19(21)22-14-15-5-7-17(8-6-15)25-11-3-4-18(25)26/h5-8,16H,2-4,9-14H2,1H3,(H3,21,22,23). The van der Waals surface area contributed by atoms with Gasteiger partial charge in [0.25, 0.3) is 0 Å². The number of benzene rings is 1. The number of nitrogens with one attached hydrogen (secondary N) is 1. The predicted molar refractivity (Wildman–Crippen MR) is 108 cm³/mol. The molecule has 0 atom stereocenters. The highest BCUT2D eigenvalue weighted by molar-refractivity contribution is 5.95. The van der Waals surface area contributed by atoms with Crippen molar-refractivity contribution in [2.75, 3.05) is 31.1 Å². The molecule has 0 radical (unpaired) electrons. The third kappa shape index (κ3) is 5.15. The fourth-order valence-corrected chi connectivity index (χ4v) is 3.55. The lowest BCUT2D eigenvalue weighted by Crippen LogP contribution is -2.48.